The lowest BCUT2D eigenvalue weighted by atomic mass is 9.99. The molecule has 0 bridgehead atoms. The zero-order chi connectivity index (χ0) is 24.8. The Bertz CT molecular complexity index is 1360. The van der Waals surface area contributed by atoms with Crippen LogP contribution in [0.3, 0.4) is 0 Å². The number of sulfonamides is 1. The summed E-state index contributed by atoms with van der Waals surface area (Å²) in [6.07, 6.45) is -3.13. The molecule has 2 heterocycles. The van der Waals surface area contributed by atoms with Gasteiger partial charge in [0, 0.05) is 19.8 Å². The number of aromatic nitrogens is 2. The molecule has 0 aliphatic carbocycles. The van der Waals surface area contributed by atoms with Gasteiger partial charge in [0.25, 0.3) is 5.91 Å². The Morgan fingerprint density at radius 1 is 1.09 bits per heavy atom. The number of fused-ring (bicyclic) bond motifs is 1. The molecule has 0 radical (unpaired) electrons. The highest BCUT2D eigenvalue weighted by molar-refractivity contribution is 7.89. The van der Waals surface area contributed by atoms with Gasteiger partial charge < -0.3 is 15.1 Å². The normalized spacial score (nSPS) is 16.4. The van der Waals surface area contributed by atoms with Crippen LogP contribution >= 0.6 is 0 Å². The lowest BCUT2D eigenvalue weighted by Crippen LogP contribution is -2.45. The number of anilines is 4. The third kappa shape index (κ3) is 4.39. The highest BCUT2D eigenvalue weighted by Gasteiger charge is 2.39. The molecule has 2 aromatic carbocycles. The number of hydrogen-bond acceptors (Lipinski definition) is 7. The number of carbonyl (C=O) groups excluding carboxylic acids is 1. The number of likely N-dealkylation sites (N-methyl/N-ethyl adjacent to an activating group) is 2. The first-order valence-corrected chi connectivity index (χ1v) is 11.4. The van der Waals surface area contributed by atoms with Crippen molar-refractivity contribution in [3.8, 4) is 0 Å². The second-order valence-corrected chi connectivity index (χ2v) is 9.19. The largest absolute Gasteiger partial charge is 0.416 e. The number of benzene rings is 2. The van der Waals surface area contributed by atoms with Gasteiger partial charge in [0.05, 0.1) is 16.7 Å². The standard InChI is InChI=1S/C21H19F3N6O3S/c1-29-16-11-26-20(27-14-6-8-15(9-7-14)34(25,32)33)28-18(16)30(2)17(19(29)31)12-4-3-5-13(10-12)21(22,23)24/h3-11,17H,1-2H3,(H2,25,32,33)(H,26,27,28). The Hall–Kier alpha value is -3.71. The van der Waals surface area contributed by atoms with E-state index in [2.05, 4.69) is 15.3 Å². The van der Waals surface area contributed by atoms with Gasteiger partial charge in [-0.2, -0.15) is 18.2 Å². The van der Waals surface area contributed by atoms with Crippen molar-refractivity contribution in [2.45, 2.75) is 17.1 Å². The maximum atomic E-state index is 13.2. The number of halogens is 3. The number of hydrogen-bond donors (Lipinski definition) is 2. The van der Waals surface area contributed by atoms with Crippen molar-refractivity contribution in [2.75, 3.05) is 29.2 Å². The van der Waals surface area contributed by atoms with Gasteiger partial charge in [-0.1, -0.05) is 12.1 Å². The van der Waals surface area contributed by atoms with Crippen LogP contribution in [0.4, 0.5) is 36.3 Å². The molecule has 1 aromatic heterocycles. The Morgan fingerprint density at radius 2 is 1.76 bits per heavy atom. The van der Waals surface area contributed by atoms with Gasteiger partial charge in [0.2, 0.25) is 16.0 Å². The average Bonchev–Trinajstić information content (AvgIpc) is 2.77. The molecule has 0 spiro atoms. The van der Waals surface area contributed by atoms with Gasteiger partial charge in [-0.05, 0) is 42.0 Å². The van der Waals surface area contributed by atoms with E-state index in [4.69, 9.17) is 5.14 Å². The molecule has 1 aliphatic heterocycles. The number of alkyl halides is 3. The molecule has 34 heavy (non-hydrogen) atoms. The van der Waals surface area contributed by atoms with Gasteiger partial charge >= 0.3 is 6.18 Å². The molecule has 3 N–H and O–H groups in total. The summed E-state index contributed by atoms with van der Waals surface area (Å²) < 4.78 is 62.5. The van der Waals surface area contributed by atoms with Gasteiger partial charge in [-0.15, -0.1) is 0 Å². The van der Waals surface area contributed by atoms with Crippen LogP contribution in [-0.4, -0.2) is 38.4 Å². The number of nitrogens with zero attached hydrogens (tertiary/aromatic N) is 4. The molecular weight excluding hydrogens is 473 g/mol. The SMILES string of the molecule is CN1C(=O)C(c2cccc(C(F)(F)F)c2)N(C)c2nc(Nc3ccc(S(N)(=O)=O)cc3)ncc21. The minimum absolute atomic E-state index is 0.0618. The van der Waals surface area contributed by atoms with E-state index in [0.29, 0.717) is 17.2 Å². The van der Waals surface area contributed by atoms with E-state index in [1.54, 1.807) is 7.05 Å². The molecule has 13 heteroatoms. The third-order valence-electron chi connectivity index (χ3n) is 5.37. The van der Waals surface area contributed by atoms with Crippen molar-refractivity contribution < 1.29 is 26.4 Å². The highest BCUT2D eigenvalue weighted by atomic mass is 32.2. The average molecular weight is 492 g/mol. The van der Waals surface area contributed by atoms with Crippen LogP contribution in [-0.2, 0) is 21.0 Å². The number of nitrogens with two attached hydrogens (primary N) is 1. The number of amides is 1. The first-order valence-electron chi connectivity index (χ1n) is 9.81. The summed E-state index contributed by atoms with van der Waals surface area (Å²) in [4.78, 5) is 24.4. The third-order valence-corrected chi connectivity index (χ3v) is 6.30. The number of rotatable bonds is 4. The molecule has 1 amide bonds. The van der Waals surface area contributed by atoms with Crippen LogP contribution in [0.5, 0.6) is 0 Å². The Labute approximate surface area is 193 Å². The van der Waals surface area contributed by atoms with Crippen LogP contribution < -0.4 is 20.3 Å². The Balaban J connectivity index is 1.67. The van der Waals surface area contributed by atoms with Crippen LogP contribution in [0.25, 0.3) is 0 Å². The van der Waals surface area contributed by atoms with Crippen LogP contribution in [0.15, 0.2) is 59.6 Å². The summed E-state index contributed by atoms with van der Waals surface area (Å²) in [5.74, 6) is 0.0277. The molecule has 178 valence electrons. The molecule has 1 atom stereocenters. The molecule has 0 fully saturated rings. The minimum Gasteiger partial charge on any atom is -0.342 e. The fraction of sp³-hybridized carbons (Fsp3) is 0.190. The number of primary sulfonamides is 1. The van der Waals surface area contributed by atoms with Gasteiger partial charge in [0.1, 0.15) is 11.7 Å². The zero-order valence-electron chi connectivity index (χ0n) is 17.9. The van der Waals surface area contributed by atoms with Crippen LogP contribution in [0.2, 0.25) is 0 Å². The molecule has 1 aliphatic rings. The minimum atomic E-state index is -4.55. The molecule has 4 rings (SSSR count). The molecule has 3 aromatic rings. The second-order valence-electron chi connectivity index (χ2n) is 7.63. The lowest BCUT2D eigenvalue weighted by Gasteiger charge is -2.38. The fourth-order valence-electron chi connectivity index (χ4n) is 3.62. The van der Waals surface area contributed by atoms with E-state index in [1.165, 1.54) is 59.4 Å². The van der Waals surface area contributed by atoms with E-state index in [0.717, 1.165) is 12.1 Å². The van der Waals surface area contributed by atoms with Crippen molar-refractivity contribution >= 4 is 39.1 Å². The van der Waals surface area contributed by atoms with Gasteiger partial charge in [0.15, 0.2) is 5.82 Å². The van der Waals surface area contributed by atoms with E-state index in [9.17, 15) is 26.4 Å². The molecule has 0 saturated heterocycles. The second kappa shape index (κ2) is 8.25. The maximum absolute atomic E-state index is 13.2. The van der Waals surface area contributed by atoms with Crippen molar-refractivity contribution in [3.05, 3.63) is 65.9 Å². The van der Waals surface area contributed by atoms with Crippen LogP contribution in [0, 0.1) is 0 Å². The van der Waals surface area contributed by atoms with Gasteiger partial charge in [-0.25, -0.2) is 18.5 Å². The molecule has 1 unspecified atom stereocenters. The Kier molecular flexibility index (Phi) is 5.69. The predicted molar refractivity (Wildman–Crippen MR) is 119 cm³/mol. The summed E-state index contributed by atoms with van der Waals surface area (Å²) >= 11 is 0. The quantitative estimate of drug-likeness (QED) is 0.574. The summed E-state index contributed by atoms with van der Waals surface area (Å²) in [5, 5.41) is 8.02. The summed E-state index contributed by atoms with van der Waals surface area (Å²) in [6, 6.07) is 9.17. The van der Waals surface area contributed by atoms with E-state index < -0.39 is 33.7 Å². The van der Waals surface area contributed by atoms with Crippen molar-refractivity contribution in [1.29, 1.82) is 0 Å². The van der Waals surface area contributed by atoms with Gasteiger partial charge in [-0.3, -0.25) is 4.79 Å². The van der Waals surface area contributed by atoms with Crippen LogP contribution in [0.1, 0.15) is 17.2 Å². The lowest BCUT2D eigenvalue weighted by molar-refractivity contribution is -0.137. The smallest absolute Gasteiger partial charge is 0.342 e. The van der Waals surface area contributed by atoms with Crippen molar-refractivity contribution in [3.63, 3.8) is 0 Å². The number of nitrogens with one attached hydrogen (secondary N) is 1. The topological polar surface area (TPSA) is 122 Å². The Morgan fingerprint density at radius 3 is 2.38 bits per heavy atom. The molecule has 9 nitrogen and oxygen atoms in total. The van der Waals surface area contributed by atoms with Crippen molar-refractivity contribution in [2.24, 2.45) is 5.14 Å². The summed E-state index contributed by atoms with van der Waals surface area (Å²) in [5.41, 5.74) is 0.176. The maximum Gasteiger partial charge on any atom is 0.416 e. The molecular formula is C21H19F3N6O3S. The van der Waals surface area contributed by atoms with Crippen molar-refractivity contribution in [1.82, 2.24) is 9.97 Å². The number of carbonyl (C=O) groups is 1. The fourth-order valence-corrected chi connectivity index (χ4v) is 4.14. The van der Waals surface area contributed by atoms with E-state index >= 15 is 0 Å². The van der Waals surface area contributed by atoms with E-state index in [-0.39, 0.29) is 16.4 Å². The monoisotopic (exact) mass is 492 g/mol. The highest BCUT2D eigenvalue weighted by Crippen LogP contribution is 2.40. The zero-order valence-corrected chi connectivity index (χ0v) is 18.7. The summed E-state index contributed by atoms with van der Waals surface area (Å²) in [7, 11) is -0.783. The van der Waals surface area contributed by atoms with E-state index in [1.807, 2.05) is 0 Å². The summed E-state index contributed by atoms with van der Waals surface area (Å²) in [6.45, 7) is 0. The first-order chi connectivity index (χ1) is 15.9. The first kappa shape index (κ1) is 23.4. The predicted octanol–water partition coefficient (Wildman–Crippen LogP) is 3.04. The molecule has 0 saturated carbocycles.